The Morgan fingerprint density at radius 2 is 2.12 bits per heavy atom. The highest BCUT2D eigenvalue weighted by molar-refractivity contribution is 6.42. The maximum Gasteiger partial charge on any atom is 0.242 e. The fraction of sp³-hybridized carbons (Fsp3) is 0.500. The minimum Gasteiger partial charge on any atom is -0.320 e. The number of nitrogens with two attached hydrogens (primary N) is 1. The Morgan fingerprint density at radius 1 is 1.47 bits per heavy atom. The third kappa shape index (κ3) is 4.11. The number of nitrogens with one attached hydrogen (secondary N) is 1. The molecule has 1 aromatic heterocycles. The van der Waals surface area contributed by atoms with E-state index in [1.54, 1.807) is 0 Å². The van der Waals surface area contributed by atoms with Crippen LogP contribution in [0.1, 0.15) is 20.3 Å². The molecule has 0 saturated heterocycles. The Labute approximate surface area is 110 Å². The second-order valence-corrected chi connectivity index (χ2v) is 4.79. The van der Waals surface area contributed by atoms with E-state index < -0.39 is 6.04 Å². The largest absolute Gasteiger partial charge is 0.320 e. The molecule has 1 amide bonds. The first-order valence-electron chi connectivity index (χ1n) is 5.14. The highest BCUT2D eigenvalue weighted by Gasteiger charge is 2.17. The number of rotatable bonds is 4. The molecule has 0 bridgehead atoms. The minimum atomic E-state index is -0.597. The predicted molar refractivity (Wildman–Crippen MR) is 68.1 cm³/mol. The topological polar surface area (TPSA) is 80.9 Å². The molecule has 0 aliphatic rings. The lowest BCUT2D eigenvalue weighted by Crippen LogP contribution is -2.37. The van der Waals surface area contributed by atoms with Crippen molar-refractivity contribution in [3.8, 4) is 0 Å². The molecule has 0 aliphatic carbocycles. The van der Waals surface area contributed by atoms with Gasteiger partial charge in [-0.2, -0.15) is 0 Å². The van der Waals surface area contributed by atoms with Crippen molar-refractivity contribution in [2.24, 2.45) is 11.7 Å². The van der Waals surface area contributed by atoms with Crippen molar-refractivity contribution in [1.82, 2.24) is 9.97 Å². The van der Waals surface area contributed by atoms with Crippen LogP contribution in [0.4, 0.5) is 5.82 Å². The Balaban J connectivity index is 2.71. The van der Waals surface area contributed by atoms with E-state index in [0.717, 1.165) is 0 Å². The fourth-order valence-electron chi connectivity index (χ4n) is 1.26. The number of carbonyl (C=O) groups excluding carboxylic acids is 1. The van der Waals surface area contributed by atoms with E-state index in [9.17, 15) is 4.79 Å². The summed E-state index contributed by atoms with van der Waals surface area (Å²) >= 11 is 11.5. The first-order valence-corrected chi connectivity index (χ1v) is 5.89. The van der Waals surface area contributed by atoms with Gasteiger partial charge in [0.2, 0.25) is 5.91 Å². The summed E-state index contributed by atoms with van der Waals surface area (Å²) in [4.78, 5) is 19.2. The zero-order valence-corrected chi connectivity index (χ0v) is 11.1. The van der Waals surface area contributed by atoms with Gasteiger partial charge >= 0.3 is 0 Å². The highest BCUT2D eigenvalue weighted by Crippen LogP contribution is 2.25. The van der Waals surface area contributed by atoms with Crippen LogP contribution < -0.4 is 11.1 Å². The summed E-state index contributed by atoms with van der Waals surface area (Å²) in [6, 6.07) is -0.597. The summed E-state index contributed by atoms with van der Waals surface area (Å²) in [5, 5.41) is 2.73. The number of aromatic nitrogens is 2. The van der Waals surface area contributed by atoms with Crippen LogP contribution in [0.5, 0.6) is 0 Å². The number of hydrogen-bond acceptors (Lipinski definition) is 4. The van der Waals surface area contributed by atoms with Crippen LogP contribution in [0.3, 0.4) is 0 Å². The Morgan fingerprint density at radius 3 is 2.71 bits per heavy atom. The van der Waals surface area contributed by atoms with Crippen molar-refractivity contribution < 1.29 is 4.79 Å². The van der Waals surface area contributed by atoms with E-state index in [4.69, 9.17) is 28.9 Å². The quantitative estimate of drug-likeness (QED) is 0.826. The number of halogens is 2. The smallest absolute Gasteiger partial charge is 0.242 e. The molecule has 0 aromatic carbocycles. The molecule has 1 rings (SSSR count). The summed E-state index contributed by atoms with van der Waals surface area (Å²) in [5.74, 6) is 0.173. The van der Waals surface area contributed by atoms with Crippen LogP contribution >= 0.6 is 23.2 Å². The monoisotopic (exact) mass is 276 g/mol. The average molecular weight is 277 g/mol. The van der Waals surface area contributed by atoms with Gasteiger partial charge in [0.25, 0.3) is 0 Å². The molecule has 17 heavy (non-hydrogen) atoms. The van der Waals surface area contributed by atoms with E-state index in [0.29, 0.717) is 12.3 Å². The molecule has 0 saturated carbocycles. The van der Waals surface area contributed by atoms with Gasteiger partial charge in [-0.3, -0.25) is 4.79 Å². The minimum absolute atomic E-state index is 0.0920. The normalized spacial score (nSPS) is 12.6. The summed E-state index contributed by atoms with van der Waals surface area (Å²) in [6.07, 6.45) is 1.81. The van der Waals surface area contributed by atoms with Crippen molar-refractivity contribution in [2.75, 3.05) is 5.32 Å². The molecule has 1 heterocycles. The molecule has 0 fully saturated rings. The summed E-state index contributed by atoms with van der Waals surface area (Å²) in [5.41, 5.74) is 5.72. The van der Waals surface area contributed by atoms with Crippen LogP contribution in [-0.2, 0) is 4.79 Å². The highest BCUT2D eigenvalue weighted by atomic mass is 35.5. The number of carbonyl (C=O) groups is 1. The second kappa shape index (κ2) is 6.14. The molecular formula is C10H14Cl2N4O. The number of nitrogens with zero attached hydrogens (tertiary/aromatic N) is 2. The van der Waals surface area contributed by atoms with Gasteiger partial charge in [0.1, 0.15) is 11.3 Å². The van der Waals surface area contributed by atoms with E-state index in [1.807, 2.05) is 13.8 Å². The predicted octanol–water partition coefficient (Wildman–Crippen LogP) is 2.10. The van der Waals surface area contributed by atoms with Crippen molar-refractivity contribution in [3.63, 3.8) is 0 Å². The summed E-state index contributed by atoms with van der Waals surface area (Å²) < 4.78 is 0. The van der Waals surface area contributed by atoms with Gasteiger partial charge in [-0.05, 0) is 12.3 Å². The second-order valence-electron chi connectivity index (χ2n) is 4.05. The van der Waals surface area contributed by atoms with Gasteiger partial charge in [-0.1, -0.05) is 37.0 Å². The maximum atomic E-state index is 11.7. The molecule has 5 nitrogen and oxygen atoms in total. The van der Waals surface area contributed by atoms with Crippen LogP contribution in [0.15, 0.2) is 6.33 Å². The molecular weight excluding hydrogens is 263 g/mol. The molecule has 0 aliphatic heterocycles. The van der Waals surface area contributed by atoms with Crippen molar-refractivity contribution in [1.29, 1.82) is 0 Å². The standard InChI is InChI=1S/C10H14Cl2N4O/c1-5(2)3-6(13)10(17)16-9-7(11)8(12)14-4-15-9/h4-6H,3,13H2,1-2H3,(H,14,15,16,17)/t6-/m0/s1. The van der Waals surface area contributed by atoms with Gasteiger partial charge in [-0.15, -0.1) is 0 Å². The third-order valence-electron chi connectivity index (χ3n) is 2.05. The first kappa shape index (κ1) is 14.2. The van der Waals surface area contributed by atoms with Crippen molar-refractivity contribution in [3.05, 3.63) is 16.5 Å². The summed E-state index contributed by atoms with van der Waals surface area (Å²) in [7, 11) is 0. The first-order chi connectivity index (χ1) is 7.91. The van der Waals surface area contributed by atoms with E-state index >= 15 is 0 Å². The lowest BCUT2D eigenvalue weighted by atomic mass is 10.0. The Kier molecular flexibility index (Phi) is 5.11. The Bertz CT molecular complexity index is 411. The van der Waals surface area contributed by atoms with Crippen LogP contribution in [0.2, 0.25) is 10.2 Å². The number of amides is 1. The van der Waals surface area contributed by atoms with Crippen LogP contribution in [-0.4, -0.2) is 21.9 Å². The fourth-order valence-corrected chi connectivity index (χ4v) is 1.54. The molecule has 3 N–H and O–H groups in total. The van der Waals surface area contributed by atoms with Gasteiger partial charge in [0.15, 0.2) is 11.0 Å². The SMILES string of the molecule is CC(C)C[C@H](N)C(=O)Nc1ncnc(Cl)c1Cl. The molecule has 1 aromatic rings. The number of anilines is 1. The van der Waals surface area contributed by atoms with E-state index in [1.165, 1.54) is 6.33 Å². The molecule has 7 heteroatoms. The average Bonchev–Trinajstić information content (AvgIpc) is 2.23. The summed E-state index contributed by atoms with van der Waals surface area (Å²) in [6.45, 7) is 3.98. The zero-order chi connectivity index (χ0) is 13.0. The zero-order valence-electron chi connectivity index (χ0n) is 9.58. The molecule has 94 valence electrons. The van der Waals surface area contributed by atoms with Gasteiger partial charge < -0.3 is 11.1 Å². The molecule has 0 radical (unpaired) electrons. The number of hydrogen-bond donors (Lipinski definition) is 2. The Hall–Kier alpha value is -0.910. The maximum absolute atomic E-state index is 11.7. The lowest BCUT2D eigenvalue weighted by molar-refractivity contribution is -0.117. The van der Waals surface area contributed by atoms with Gasteiger partial charge in [0, 0.05) is 0 Å². The van der Waals surface area contributed by atoms with E-state index in [-0.39, 0.29) is 21.9 Å². The van der Waals surface area contributed by atoms with Gasteiger partial charge in [-0.25, -0.2) is 9.97 Å². The molecule has 0 spiro atoms. The van der Waals surface area contributed by atoms with Crippen molar-refractivity contribution in [2.45, 2.75) is 26.3 Å². The molecule has 0 unspecified atom stereocenters. The lowest BCUT2D eigenvalue weighted by Gasteiger charge is -2.14. The van der Waals surface area contributed by atoms with Crippen LogP contribution in [0.25, 0.3) is 0 Å². The van der Waals surface area contributed by atoms with Crippen molar-refractivity contribution >= 4 is 34.9 Å². The molecule has 1 atom stereocenters. The van der Waals surface area contributed by atoms with E-state index in [2.05, 4.69) is 15.3 Å². The third-order valence-corrected chi connectivity index (χ3v) is 2.79. The van der Waals surface area contributed by atoms with Crippen LogP contribution in [0, 0.1) is 5.92 Å². The van der Waals surface area contributed by atoms with Gasteiger partial charge in [0.05, 0.1) is 6.04 Å².